The van der Waals surface area contributed by atoms with Gasteiger partial charge in [-0.2, -0.15) is 5.10 Å². The average Bonchev–Trinajstić information content (AvgIpc) is 3.74. The quantitative estimate of drug-likeness (QED) is 0.313. The molecule has 0 saturated heterocycles. The smallest absolute Gasteiger partial charge is 0.358 e. The Morgan fingerprint density at radius 1 is 0.974 bits per heavy atom. The molecular formula is C30H38N4O5. The topological polar surface area (TPSA) is 86.1 Å². The number of carbonyl (C=O) groups is 2. The van der Waals surface area contributed by atoms with E-state index in [1.807, 2.05) is 43.4 Å². The van der Waals surface area contributed by atoms with E-state index in [0.717, 1.165) is 43.7 Å². The van der Waals surface area contributed by atoms with E-state index in [0.29, 0.717) is 40.8 Å². The number of carbonyl (C=O) groups excluding carboxylic acids is 2. The van der Waals surface area contributed by atoms with E-state index in [4.69, 9.17) is 14.2 Å². The van der Waals surface area contributed by atoms with E-state index >= 15 is 0 Å². The Kier molecular flexibility index (Phi) is 8.91. The molecule has 1 saturated carbocycles. The lowest BCUT2D eigenvalue weighted by atomic mass is 10.0. The van der Waals surface area contributed by atoms with Gasteiger partial charge in [0.15, 0.2) is 5.69 Å². The van der Waals surface area contributed by atoms with Crippen molar-refractivity contribution in [1.82, 2.24) is 19.6 Å². The molecule has 0 atom stereocenters. The molecule has 208 valence electrons. The predicted molar refractivity (Wildman–Crippen MR) is 150 cm³/mol. The molecule has 4 rings (SSSR count). The number of ether oxygens (including phenoxy) is 3. The Labute approximate surface area is 230 Å². The number of hydrogen-bond acceptors (Lipinski definition) is 7. The SMILES string of the molecule is CCN(CC)CCN(C)C(=O)c1ccc(-n2nc(C(=O)OC)cc2-c2c(OC)cccc2OC)c(C2CC2)c1. The van der Waals surface area contributed by atoms with Gasteiger partial charge in [-0.25, -0.2) is 9.48 Å². The van der Waals surface area contributed by atoms with Gasteiger partial charge in [0.2, 0.25) is 0 Å². The molecule has 1 amide bonds. The van der Waals surface area contributed by atoms with Gasteiger partial charge in [0.25, 0.3) is 5.91 Å². The minimum atomic E-state index is -0.543. The minimum Gasteiger partial charge on any atom is -0.496 e. The van der Waals surface area contributed by atoms with Crippen LogP contribution in [0.4, 0.5) is 0 Å². The van der Waals surface area contributed by atoms with Crippen LogP contribution in [0.3, 0.4) is 0 Å². The Bertz CT molecular complexity index is 1300. The molecule has 0 radical (unpaired) electrons. The minimum absolute atomic E-state index is 0.0158. The highest BCUT2D eigenvalue weighted by atomic mass is 16.5. The van der Waals surface area contributed by atoms with Crippen molar-refractivity contribution in [2.24, 2.45) is 0 Å². The maximum absolute atomic E-state index is 13.4. The normalized spacial score (nSPS) is 12.9. The predicted octanol–water partition coefficient (Wildman–Crippen LogP) is 4.63. The Hall–Kier alpha value is -3.85. The van der Waals surface area contributed by atoms with Crippen molar-refractivity contribution in [2.45, 2.75) is 32.6 Å². The van der Waals surface area contributed by atoms with Crippen LogP contribution in [-0.2, 0) is 4.74 Å². The first-order valence-corrected chi connectivity index (χ1v) is 13.4. The zero-order valence-electron chi connectivity index (χ0n) is 23.7. The van der Waals surface area contributed by atoms with Crippen LogP contribution in [0.1, 0.15) is 59.0 Å². The first-order chi connectivity index (χ1) is 18.9. The Balaban J connectivity index is 1.79. The van der Waals surface area contributed by atoms with E-state index in [2.05, 4.69) is 23.8 Å². The largest absolute Gasteiger partial charge is 0.496 e. The molecule has 9 heteroatoms. The van der Waals surface area contributed by atoms with E-state index in [-0.39, 0.29) is 11.6 Å². The fourth-order valence-corrected chi connectivity index (χ4v) is 4.81. The van der Waals surface area contributed by atoms with Gasteiger partial charge in [-0.1, -0.05) is 19.9 Å². The molecule has 0 unspecified atom stereocenters. The average molecular weight is 535 g/mol. The molecule has 0 spiro atoms. The lowest BCUT2D eigenvalue weighted by Crippen LogP contribution is -2.36. The van der Waals surface area contributed by atoms with Crippen molar-refractivity contribution < 1.29 is 23.8 Å². The molecule has 1 aliphatic rings. The summed E-state index contributed by atoms with van der Waals surface area (Å²) < 4.78 is 18.0. The molecule has 1 aromatic heterocycles. The van der Waals surface area contributed by atoms with Crippen LogP contribution in [0.2, 0.25) is 0 Å². The van der Waals surface area contributed by atoms with Crippen LogP contribution in [0, 0.1) is 0 Å². The second-order valence-electron chi connectivity index (χ2n) is 9.66. The molecule has 1 fully saturated rings. The van der Waals surface area contributed by atoms with Gasteiger partial charge in [-0.15, -0.1) is 0 Å². The number of benzene rings is 2. The van der Waals surface area contributed by atoms with Gasteiger partial charge < -0.3 is 24.0 Å². The van der Waals surface area contributed by atoms with E-state index in [9.17, 15) is 9.59 Å². The van der Waals surface area contributed by atoms with E-state index < -0.39 is 5.97 Å². The van der Waals surface area contributed by atoms with Crippen LogP contribution in [-0.4, -0.2) is 86.0 Å². The number of aromatic nitrogens is 2. The summed E-state index contributed by atoms with van der Waals surface area (Å²) in [4.78, 5) is 30.0. The van der Waals surface area contributed by atoms with E-state index in [1.54, 1.807) is 29.9 Å². The van der Waals surface area contributed by atoms with Crippen LogP contribution in [0.25, 0.3) is 16.9 Å². The molecule has 9 nitrogen and oxygen atoms in total. The summed E-state index contributed by atoms with van der Waals surface area (Å²) in [5.74, 6) is 0.923. The fraction of sp³-hybridized carbons (Fsp3) is 0.433. The van der Waals surface area contributed by atoms with Crippen LogP contribution in [0.15, 0.2) is 42.5 Å². The van der Waals surface area contributed by atoms with Crippen molar-refractivity contribution in [1.29, 1.82) is 0 Å². The second-order valence-corrected chi connectivity index (χ2v) is 9.66. The van der Waals surface area contributed by atoms with Crippen molar-refractivity contribution in [3.63, 3.8) is 0 Å². The standard InChI is InChI=1S/C30H38N4O5/c1-7-33(8-2)17-16-32(3)29(35)21-14-15-24(22(18-21)20-12-13-20)34-25(19-23(31-34)30(36)39-6)28-26(37-4)10-9-11-27(28)38-5/h9-11,14-15,18-20H,7-8,12-13,16-17H2,1-6H3. The summed E-state index contributed by atoms with van der Waals surface area (Å²) in [5.41, 5.74) is 3.92. The summed E-state index contributed by atoms with van der Waals surface area (Å²) in [6, 6.07) is 12.9. The third kappa shape index (κ3) is 5.93. The number of amides is 1. The van der Waals surface area contributed by atoms with Gasteiger partial charge in [-0.3, -0.25) is 4.79 Å². The first kappa shape index (κ1) is 28.2. The summed E-state index contributed by atoms with van der Waals surface area (Å²) in [7, 11) is 6.36. The summed E-state index contributed by atoms with van der Waals surface area (Å²) in [5, 5.41) is 4.66. The maximum atomic E-state index is 13.4. The summed E-state index contributed by atoms with van der Waals surface area (Å²) >= 11 is 0. The fourth-order valence-electron chi connectivity index (χ4n) is 4.81. The number of hydrogen-bond donors (Lipinski definition) is 0. The van der Waals surface area contributed by atoms with Crippen molar-refractivity contribution in [3.8, 4) is 28.4 Å². The van der Waals surface area contributed by atoms with Crippen molar-refractivity contribution in [2.75, 3.05) is 54.6 Å². The molecule has 2 aromatic carbocycles. The first-order valence-electron chi connectivity index (χ1n) is 13.4. The number of likely N-dealkylation sites (N-methyl/N-ethyl adjacent to an activating group) is 2. The molecule has 1 heterocycles. The van der Waals surface area contributed by atoms with Crippen LogP contribution < -0.4 is 9.47 Å². The summed E-state index contributed by atoms with van der Waals surface area (Å²) in [6.45, 7) is 7.64. The molecule has 0 aliphatic heterocycles. The Morgan fingerprint density at radius 3 is 2.21 bits per heavy atom. The number of rotatable bonds is 12. The van der Waals surface area contributed by atoms with Crippen LogP contribution in [0.5, 0.6) is 11.5 Å². The molecule has 0 N–H and O–H groups in total. The maximum Gasteiger partial charge on any atom is 0.358 e. The van der Waals surface area contributed by atoms with Crippen LogP contribution >= 0.6 is 0 Å². The summed E-state index contributed by atoms with van der Waals surface area (Å²) in [6.07, 6.45) is 2.06. The Morgan fingerprint density at radius 2 is 1.64 bits per heavy atom. The van der Waals surface area contributed by atoms with Gasteiger partial charge in [0, 0.05) is 25.7 Å². The molecule has 0 bridgehead atoms. The lowest BCUT2D eigenvalue weighted by molar-refractivity contribution is 0.0593. The second kappa shape index (κ2) is 12.3. The third-order valence-electron chi connectivity index (χ3n) is 7.30. The number of nitrogens with zero attached hydrogens (tertiary/aromatic N) is 4. The van der Waals surface area contributed by atoms with Crippen molar-refractivity contribution >= 4 is 11.9 Å². The monoisotopic (exact) mass is 534 g/mol. The molecule has 39 heavy (non-hydrogen) atoms. The molecule has 1 aliphatic carbocycles. The number of esters is 1. The van der Waals surface area contributed by atoms with Gasteiger partial charge in [0.1, 0.15) is 11.5 Å². The zero-order chi connectivity index (χ0) is 28.1. The third-order valence-corrected chi connectivity index (χ3v) is 7.30. The van der Waals surface area contributed by atoms with E-state index in [1.165, 1.54) is 7.11 Å². The highest BCUT2D eigenvalue weighted by Gasteiger charge is 2.31. The lowest BCUT2D eigenvalue weighted by Gasteiger charge is -2.23. The highest BCUT2D eigenvalue weighted by Crippen LogP contribution is 2.45. The van der Waals surface area contributed by atoms with Crippen molar-refractivity contribution in [3.05, 3.63) is 59.3 Å². The highest BCUT2D eigenvalue weighted by molar-refractivity contribution is 5.95. The van der Waals surface area contributed by atoms with Gasteiger partial charge >= 0.3 is 5.97 Å². The number of methoxy groups -OCH3 is 3. The van der Waals surface area contributed by atoms with Gasteiger partial charge in [0.05, 0.1) is 38.3 Å². The zero-order valence-corrected chi connectivity index (χ0v) is 23.7. The molecule has 3 aromatic rings. The molecular weight excluding hydrogens is 496 g/mol. The van der Waals surface area contributed by atoms with Gasteiger partial charge in [-0.05, 0) is 73.8 Å².